The second-order valence-corrected chi connectivity index (χ2v) is 4.83. The number of likely N-dealkylation sites (tertiary alicyclic amines) is 1. The van der Waals surface area contributed by atoms with Gasteiger partial charge < -0.3 is 19.4 Å². The van der Waals surface area contributed by atoms with E-state index >= 15 is 0 Å². The number of hydrogen-bond donors (Lipinski definition) is 1. The van der Waals surface area contributed by atoms with Gasteiger partial charge in [-0.1, -0.05) is 0 Å². The van der Waals surface area contributed by atoms with Crippen LogP contribution in [0.4, 0.5) is 0 Å². The molecule has 5 heteroatoms. The van der Waals surface area contributed by atoms with E-state index in [1.807, 2.05) is 13.0 Å². The Morgan fingerprint density at radius 1 is 1.61 bits per heavy atom. The molecule has 1 saturated heterocycles. The molecule has 1 aliphatic heterocycles. The average molecular weight is 252 g/mol. The van der Waals surface area contributed by atoms with E-state index in [9.17, 15) is 4.79 Å². The first kappa shape index (κ1) is 13.1. The standard InChI is InChI=1S/C13H20N2O3/c1-9(14-10-6-7-15(2)8-10)11-4-5-12(18-11)13(16)17-3/h4-5,9-10,14H,6-8H2,1-3H3. The van der Waals surface area contributed by atoms with Crippen molar-refractivity contribution in [1.29, 1.82) is 0 Å². The van der Waals surface area contributed by atoms with Crippen LogP contribution in [0.2, 0.25) is 0 Å². The molecule has 0 spiro atoms. The second kappa shape index (κ2) is 5.54. The van der Waals surface area contributed by atoms with E-state index < -0.39 is 5.97 Å². The van der Waals surface area contributed by atoms with Crippen LogP contribution in [0.1, 0.15) is 35.7 Å². The normalized spacial score (nSPS) is 22.1. The summed E-state index contributed by atoms with van der Waals surface area (Å²) in [4.78, 5) is 13.6. The van der Waals surface area contributed by atoms with Crippen molar-refractivity contribution in [1.82, 2.24) is 10.2 Å². The third-order valence-electron chi connectivity index (χ3n) is 3.32. The first-order valence-electron chi connectivity index (χ1n) is 6.22. The van der Waals surface area contributed by atoms with Crippen LogP contribution in [-0.2, 0) is 4.74 Å². The number of carbonyl (C=O) groups is 1. The zero-order valence-electron chi connectivity index (χ0n) is 11.1. The Balaban J connectivity index is 1.94. The summed E-state index contributed by atoms with van der Waals surface area (Å²) in [6.07, 6.45) is 1.14. The topological polar surface area (TPSA) is 54.7 Å². The fourth-order valence-corrected chi connectivity index (χ4v) is 2.30. The van der Waals surface area contributed by atoms with Crippen molar-refractivity contribution in [3.05, 3.63) is 23.7 Å². The lowest BCUT2D eigenvalue weighted by Crippen LogP contribution is -2.33. The van der Waals surface area contributed by atoms with Crippen molar-refractivity contribution >= 4 is 5.97 Å². The number of esters is 1. The maximum absolute atomic E-state index is 11.3. The monoisotopic (exact) mass is 252 g/mol. The molecule has 0 aromatic carbocycles. The van der Waals surface area contributed by atoms with Gasteiger partial charge in [0.25, 0.3) is 0 Å². The summed E-state index contributed by atoms with van der Waals surface area (Å²) in [6.45, 7) is 4.21. The first-order valence-corrected chi connectivity index (χ1v) is 6.22. The van der Waals surface area contributed by atoms with Gasteiger partial charge in [0, 0.05) is 12.6 Å². The summed E-state index contributed by atoms with van der Waals surface area (Å²) in [7, 11) is 3.47. The number of nitrogens with zero attached hydrogens (tertiary/aromatic N) is 1. The lowest BCUT2D eigenvalue weighted by molar-refractivity contribution is 0.0562. The Morgan fingerprint density at radius 2 is 2.39 bits per heavy atom. The molecule has 0 saturated carbocycles. The molecule has 2 rings (SSSR count). The number of furan rings is 1. The Morgan fingerprint density at radius 3 is 3.00 bits per heavy atom. The Labute approximate surface area is 107 Å². The van der Waals surface area contributed by atoms with E-state index in [4.69, 9.17) is 4.42 Å². The molecule has 0 bridgehead atoms. The summed E-state index contributed by atoms with van der Waals surface area (Å²) >= 11 is 0. The van der Waals surface area contributed by atoms with Gasteiger partial charge in [-0.15, -0.1) is 0 Å². The zero-order chi connectivity index (χ0) is 13.1. The molecule has 2 unspecified atom stereocenters. The third-order valence-corrected chi connectivity index (χ3v) is 3.32. The fraction of sp³-hybridized carbons (Fsp3) is 0.615. The highest BCUT2D eigenvalue weighted by atomic mass is 16.5. The molecule has 2 atom stereocenters. The van der Waals surface area contributed by atoms with Crippen molar-refractivity contribution in [2.75, 3.05) is 27.2 Å². The Kier molecular flexibility index (Phi) is 4.04. The van der Waals surface area contributed by atoms with Crippen molar-refractivity contribution < 1.29 is 13.9 Å². The van der Waals surface area contributed by atoms with E-state index in [0.29, 0.717) is 6.04 Å². The minimum Gasteiger partial charge on any atom is -0.463 e. The minimum absolute atomic E-state index is 0.0971. The molecular weight excluding hydrogens is 232 g/mol. The number of nitrogens with one attached hydrogen (secondary N) is 1. The molecular formula is C13H20N2O3. The van der Waals surface area contributed by atoms with E-state index in [1.165, 1.54) is 7.11 Å². The van der Waals surface area contributed by atoms with Crippen LogP contribution in [0, 0.1) is 0 Å². The predicted octanol–water partition coefficient (Wildman–Crippen LogP) is 1.42. The molecule has 1 aromatic rings. The van der Waals surface area contributed by atoms with Crippen LogP contribution >= 0.6 is 0 Å². The number of ether oxygens (including phenoxy) is 1. The molecule has 0 amide bonds. The molecule has 18 heavy (non-hydrogen) atoms. The van der Waals surface area contributed by atoms with Crippen molar-refractivity contribution in [2.24, 2.45) is 0 Å². The molecule has 1 aliphatic rings. The Bertz CT molecular complexity index is 416. The van der Waals surface area contributed by atoms with Gasteiger partial charge in [-0.05, 0) is 39.1 Å². The highest BCUT2D eigenvalue weighted by Crippen LogP contribution is 2.19. The van der Waals surface area contributed by atoms with Crippen molar-refractivity contribution in [3.8, 4) is 0 Å². The number of carbonyl (C=O) groups excluding carboxylic acids is 1. The maximum Gasteiger partial charge on any atom is 0.373 e. The third kappa shape index (κ3) is 2.91. The molecule has 0 radical (unpaired) electrons. The SMILES string of the molecule is COC(=O)c1ccc(C(C)NC2CCN(C)C2)o1. The molecule has 2 heterocycles. The average Bonchev–Trinajstić information content (AvgIpc) is 2.97. The van der Waals surface area contributed by atoms with E-state index in [0.717, 1.165) is 25.3 Å². The van der Waals surface area contributed by atoms with E-state index in [2.05, 4.69) is 22.0 Å². The quantitative estimate of drug-likeness (QED) is 0.821. The summed E-state index contributed by atoms with van der Waals surface area (Å²) in [5.74, 6) is 0.587. The Hall–Kier alpha value is -1.33. The summed E-state index contributed by atoms with van der Waals surface area (Å²) in [5, 5.41) is 3.51. The van der Waals surface area contributed by atoms with Crippen LogP contribution in [0.5, 0.6) is 0 Å². The van der Waals surface area contributed by atoms with Crippen LogP contribution in [0.3, 0.4) is 0 Å². The smallest absolute Gasteiger partial charge is 0.373 e. The van der Waals surface area contributed by atoms with Crippen LogP contribution in [0.15, 0.2) is 16.5 Å². The lowest BCUT2D eigenvalue weighted by atomic mass is 10.2. The molecule has 0 aliphatic carbocycles. The fourth-order valence-electron chi connectivity index (χ4n) is 2.30. The molecule has 1 aromatic heterocycles. The summed E-state index contributed by atoms with van der Waals surface area (Å²) in [5.41, 5.74) is 0. The largest absolute Gasteiger partial charge is 0.463 e. The molecule has 1 fully saturated rings. The van der Waals surface area contributed by atoms with Gasteiger partial charge in [0.1, 0.15) is 5.76 Å². The van der Waals surface area contributed by atoms with Crippen molar-refractivity contribution in [2.45, 2.75) is 25.4 Å². The predicted molar refractivity (Wildman–Crippen MR) is 67.5 cm³/mol. The molecule has 1 N–H and O–H groups in total. The summed E-state index contributed by atoms with van der Waals surface area (Å²) in [6, 6.07) is 4.06. The van der Waals surface area contributed by atoms with Gasteiger partial charge in [0.15, 0.2) is 0 Å². The first-order chi connectivity index (χ1) is 8.60. The highest BCUT2D eigenvalue weighted by molar-refractivity contribution is 5.86. The van der Waals surface area contributed by atoms with Gasteiger partial charge in [-0.2, -0.15) is 0 Å². The van der Waals surface area contributed by atoms with Gasteiger partial charge in [0.2, 0.25) is 5.76 Å². The van der Waals surface area contributed by atoms with Crippen LogP contribution in [-0.4, -0.2) is 44.2 Å². The number of methoxy groups -OCH3 is 1. The van der Waals surface area contributed by atoms with E-state index in [1.54, 1.807) is 6.07 Å². The second-order valence-electron chi connectivity index (χ2n) is 4.83. The number of rotatable bonds is 4. The maximum atomic E-state index is 11.3. The lowest BCUT2D eigenvalue weighted by Gasteiger charge is -2.17. The van der Waals surface area contributed by atoms with Gasteiger partial charge in [-0.3, -0.25) is 0 Å². The van der Waals surface area contributed by atoms with Crippen LogP contribution in [0.25, 0.3) is 0 Å². The number of hydrogen-bond acceptors (Lipinski definition) is 5. The van der Waals surface area contributed by atoms with E-state index in [-0.39, 0.29) is 11.8 Å². The highest BCUT2D eigenvalue weighted by Gasteiger charge is 2.23. The van der Waals surface area contributed by atoms with Crippen LogP contribution < -0.4 is 5.32 Å². The minimum atomic E-state index is -0.436. The molecule has 100 valence electrons. The summed E-state index contributed by atoms with van der Waals surface area (Å²) < 4.78 is 10.1. The van der Waals surface area contributed by atoms with Gasteiger partial charge in [-0.25, -0.2) is 4.79 Å². The van der Waals surface area contributed by atoms with Gasteiger partial charge >= 0.3 is 5.97 Å². The molecule has 5 nitrogen and oxygen atoms in total. The zero-order valence-corrected chi connectivity index (χ0v) is 11.1. The number of likely N-dealkylation sites (N-methyl/N-ethyl adjacent to an activating group) is 1. The van der Waals surface area contributed by atoms with Gasteiger partial charge in [0.05, 0.1) is 13.2 Å². The van der Waals surface area contributed by atoms with Crippen molar-refractivity contribution in [3.63, 3.8) is 0 Å².